The normalized spacial score (nSPS) is 19.3. The Balaban J connectivity index is 2.16. The van der Waals surface area contributed by atoms with E-state index in [-0.39, 0.29) is 0 Å². The van der Waals surface area contributed by atoms with Gasteiger partial charge >= 0.3 is 0 Å². The molecule has 1 fully saturated rings. The van der Waals surface area contributed by atoms with Crippen LogP contribution in [0.5, 0.6) is 0 Å². The molecule has 1 rings (SSSR count). The smallest absolute Gasteiger partial charge is 0.0756 e. The van der Waals surface area contributed by atoms with Gasteiger partial charge in [0.25, 0.3) is 0 Å². The molecule has 1 aliphatic carbocycles. The van der Waals surface area contributed by atoms with Gasteiger partial charge in [-0.05, 0) is 19.3 Å². The van der Waals surface area contributed by atoms with Gasteiger partial charge in [-0.15, -0.1) is 11.8 Å². The maximum Gasteiger partial charge on any atom is 0.0756 e. The summed E-state index contributed by atoms with van der Waals surface area (Å²) in [6.07, 6.45) is 11.0. The lowest BCUT2D eigenvalue weighted by Gasteiger charge is -2.30. The van der Waals surface area contributed by atoms with Gasteiger partial charge in [0.15, 0.2) is 0 Å². The first-order chi connectivity index (χ1) is 7.27. The van der Waals surface area contributed by atoms with E-state index in [4.69, 9.17) is 0 Å². The third-order valence-corrected chi connectivity index (χ3v) is 3.23. The maximum absolute atomic E-state index is 10.2. The maximum atomic E-state index is 10.2. The molecule has 0 aromatic carbocycles. The third kappa shape index (κ3) is 5.23. The van der Waals surface area contributed by atoms with E-state index in [0.29, 0.717) is 6.42 Å². The molecular formula is C14H24O. The molecule has 1 heteroatoms. The summed E-state index contributed by atoms with van der Waals surface area (Å²) in [4.78, 5) is 0. The molecule has 0 amide bonds. The van der Waals surface area contributed by atoms with Crippen LogP contribution in [0.2, 0.25) is 0 Å². The van der Waals surface area contributed by atoms with Crippen LogP contribution in [0, 0.1) is 11.8 Å². The van der Waals surface area contributed by atoms with Crippen LogP contribution in [0.4, 0.5) is 0 Å². The molecule has 1 nitrogen and oxygen atoms in total. The molecule has 0 aliphatic heterocycles. The molecule has 0 unspecified atom stereocenters. The van der Waals surface area contributed by atoms with Crippen molar-refractivity contribution in [1.82, 2.24) is 0 Å². The van der Waals surface area contributed by atoms with E-state index in [1.807, 2.05) is 0 Å². The lowest BCUT2D eigenvalue weighted by molar-refractivity contribution is 0.00893. The molecule has 0 spiro atoms. The van der Waals surface area contributed by atoms with Gasteiger partial charge in [0.1, 0.15) is 0 Å². The average molecular weight is 208 g/mol. The zero-order valence-corrected chi connectivity index (χ0v) is 10.0. The van der Waals surface area contributed by atoms with Crippen molar-refractivity contribution in [1.29, 1.82) is 0 Å². The first-order valence-electron chi connectivity index (χ1n) is 6.45. The Bertz CT molecular complexity index is 215. The second-order valence-corrected chi connectivity index (χ2v) is 4.77. The zero-order valence-electron chi connectivity index (χ0n) is 10.0. The van der Waals surface area contributed by atoms with Crippen molar-refractivity contribution in [3.05, 3.63) is 0 Å². The van der Waals surface area contributed by atoms with E-state index in [2.05, 4.69) is 18.8 Å². The first kappa shape index (κ1) is 12.6. The highest BCUT2D eigenvalue weighted by molar-refractivity contribution is 5.04. The highest BCUT2D eigenvalue weighted by Crippen LogP contribution is 2.30. The summed E-state index contributed by atoms with van der Waals surface area (Å²) in [6, 6.07) is 0. The molecule has 86 valence electrons. The Morgan fingerprint density at radius 3 is 2.47 bits per heavy atom. The fourth-order valence-corrected chi connectivity index (χ4v) is 2.17. The summed E-state index contributed by atoms with van der Waals surface area (Å²) < 4.78 is 0. The molecule has 0 aromatic heterocycles. The summed E-state index contributed by atoms with van der Waals surface area (Å²) in [5, 5.41) is 10.2. The second kappa shape index (κ2) is 6.90. The summed E-state index contributed by atoms with van der Waals surface area (Å²) in [7, 11) is 0. The highest BCUT2D eigenvalue weighted by atomic mass is 16.3. The Kier molecular flexibility index (Phi) is 5.79. The van der Waals surface area contributed by atoms with Gasteiger partial charge in [-0.2, -0.15) is 0 Å². The summed E-state index contributed by atoms with van der Waals surface area (Å²) in [5.74, 6) is 6.34. The minimum Gasteiger partial charge on any atom is -0.389 e. The molecule has 0 bridgehead atoms. The lowest BCUT2D eigenvalue weighted by atomic mass is 9.83. The number of hydrogen-bond donors (Lipinski definition) is 1. The average Bonchev–Trinajstić information content (AvgIpc) is 2.24. The van der Waals surface area contributed by atoms with Crippen LogP contribution >= 0.6 is 0 Å². The van der Waals surface area contributed by atoms with Gasteiger partial charge < -0.3 is 5.11 Å². The minimum absolute atomic E-state index is 0.448. The molecule has 0 saturated heterocycles. The van der Waals surface area contributed by atoms with E-state index < -0.39 is 5.60 Å². The van der Waals surface area contributed by atoms with Gasteiger partial charge in [-0.1, -0.05) is 39.0 Å². The van der Waals surface area contributed by atoms with Crippen LogP contribution in [0.15, 0.2) is 0 Å². The predicted molar refractivity (Wildman–Crippen MR) is 64.6 cm³/mol. The van der Waals surface area contributed by atoms with Crippen LogP contribution in [-0.4, -0.2) is 10.7 Å². The standard InChI is InChI=1S/C14H24O/c1-2-3-4-5-6-8-11-14(15)12-9-7-10-13-14/h15H,2-5,7,9-13H2,1H3. The number of aliphatic hydroxyl groups is 1. The summed E-state index contributed by atoms with van der Waals surface area (Å²) in [6.45, 7) is 2.21. The topological polar surface area (TPSA) is 20.2 Å². The monoisotopic (exact) mass is 208 g/mol. The first-order valence-corrected chi connectivity index (χ1v) is 6.45. The predicted octanol–water partition coefficient (Wildman–Crippen LogP) is 3.66. The SMILES string of the molecule is CCCCCC#CCC1(O)CCCCC1. The molecule has 0 heterocycles. The van der Waals surface area contributed by atoms with Crippen LogP contribution in [0.1, 0.15) is 71.1 Å². The van der Waals surface area contributed by atoms with Crippen molar-refractivity contribution in [2.75, 3.05) is 0 Å². The molecule has 15 heavy (non-hydrogen) atoms. The van der Waals surface area contributed by atoms with Crippen LogP contribution in [0.3, 0.4) is 0 Å². The van der Waals surface area contributed by atoms with Gasteiger partial charge in [0.05, 0.1) is 5.60 Å². The Morgan fingerprint density at radius 1 is 1.07 bits per heavy atom. The zero-order chi connectivity index (χ0) is 11.0. The van der Waals surface area contributed by atoms with E-state index in [1.54, 1.807) is 0 Å². The fraction of sp³-hybridized carbons (Fsp3) is 0.857. The van der Waals surface area contributed by atoms with Crippen LogP contribution in [0.25, 0.3) is 0 Å². The van der Waals surface area contributed by atoms with Gasteiger partial charge in [-0.25, -0.2) is 0 Å². The van der Waals surface area contributed by atoms with Crippen molar-refractivity contribution in [3.8, 4) is 11.8 Å². The van der Waals surface area contributed by atoms with Crippen LogP contribution < -0.4 is 0 Å². The Morgan fingerprint density at radius 2 is 1.80 bits per heavy atom. The molecule has 0 aromatic rings. The fourth-order valence-electron chi connectivity index (χ4n) is 2.17. The van der Waals surface area contributed by atoms with E-state index in [9.17, 15) is 5.11 Å². The molecule has 1 saturated carbocycles. The van der Waals surface area contributed by atoms with E-state index >= 15 is 0 Å². The van der Waals surface area contributed by atoms with Crippen molar-refractivity contribution in [2.24, 2.45) is 0 Å². The van der Waals surface area contributed by atoms with Crippen molar-refractivity contribution in [2.45, 2.75) is 76.7 Å². The molecular weight excluding hydrogens is 184 g/mol. The number of hydrogen-bond acceptors (Lipinski definition) is 1. The quantitative estimate of drug-likeness (QED) is 0.552. The van der Waals surface area contributed by atoms with Gasteiger partial charge in [-0.3, -0.25) is 0 Å². The van der Waals surface area contributed by atoms with Crippen LogP contribution in [-0.2, 0) is 0 Å². The summed E-state index contributed by atoms with van der Waals surface area (Å²) >= 11 is 0. The molecule has 0 atom stereocenters. The minimum atomic E-state index is -0.448. The molecule has 0 radical (unpaired) electrons. The van der Waals surface area contributed by atoms with E-state index in [0.717, 1.165) is 19.3 Å². The number of unbranched alkanes of at least 4 members (excludes halogenated alkanes) is 3. The van der Waals surface area contributed by atoms with Crippen molar-refractivity contribution < 1.29 is 5.11 Å². The Labute approximate surface area is 94.3 Å². The van der Waals surface area contributed by atoms with Crippen molar-refractivity contribution in [3.63, 3.8) is 0 Å². The van der Waals surface area contributed by atoms with Gasteiger partial charge in [0.2, 0.25) is 0 Å². The summed E-state index contributed by atoms with van der Waals surface area (Å²) in [5.41, 5.74) is -0.448. The van der Waals surface area contributed by atoms with Crippen molar-refractivity contribution >= 4 is 0 Å². The largest absolute Gasteiger partial charge is 0.389 e. The highest BCUT2D eigenvalue weighted by Gasteiger charge is 2.27. The Hall–Kier alpha value is -0.480. The number of rotatable bonds is 4. The third-order valence-electron chi connectivity index (χ3n) is 3.23. The van der Waals surface area contributed by atoms with Gasteiger partial charge in [0, 0.05) is 12.8 Å². The molecule has 1 N–H and O–H groups in total. The van der Waals surface area contributed by atoms with E-state index in [1.165, 1.54) is 38.5 Å². The molecule has 1 aliphatic rings. The lowest BCUT2D eigenvalue weighted by Crippen LogP contribution is -2.30. The second-order valence-electron chi connectivity index (χ2n) is 4.77.